The van der Waals surface area contributed by atoms with Gasteiger partial charge in [0.25, 0.3) is 5.91 Å². The quantitative estimate of drug-likeness (QED) is 0.294. The summed E-state index contributed by atoms with van der Waals surface area (Å²) in [4.78, 5) is 36.2. The van der Waals surface area contributed by atoms with E-state index in [4.69, 9.17) is 4.98 Å². The fraction of sp³-hybridized carbons (Fsp3) is 0.357. The van der Waals surface area contributed by atoms with Crippen molar-refractivity contribution in [2.24, 2.45) is 0 Å². The number of nitrogens with zero attached hydrogens (tertiary/aromatic N) is 3. The summed E-state index contributed by atoms with van der Waals surface area (Å²) < 4.78 is 0. The number of benzene rings is 1. The summed E-state index contributed by atoms with van der Waals surface area (Å²) in [6, 6.07) is 14.6. The van der Waals surface area contributed by atoms with Crippen LogP contribution >= 0.6 is 0 Å². The van der Waals surface area contributed by atoms with Gasteiger partial charge in [0.15, 0.2) is 0 Å². The number of likely N-dealkylation sites (tertiary alicyclic amines) is 1. The maximum Gasteiger partial charge on any atom is 0.319 e. The largest absolute Gasteiger partial charge is 0.370 e. The second-order valence-corrected chi connectivity index (χ2v) is 9.03. The molecule has 9 heteroatoms. The highest BCUT2D eigenvalue weighted by molar-refractivity contribution is 5.99. The van der Waals surface area contributed by atoms with Gasteiger partial charge in [0, 0.05) is 43.3 Å². The van der Waals surface area contributed by atoms with Gasteiger partial charge in [-0.15, -0.1) is 0 Å². The highest BCUT2D eigenvalue weighted by Crippen LogP contribution is 2.23. The number of amides is 3. The lowest BCUT2D eigenvalue weighted by atomic mass is 10.1. The average Bonchev–Trinajstić information content (AvgIpc) is 3.45. The summed E-state index contributed by atoms with van der Waals surface area (Å²) >= 11 is 0. The van der Waals surface area contributed by atoms with Crippen LogP contribution in [0.5, 0.6) is 0 Å². The molecule has 9 nitrogen and oxygen atoms in total. The molecule has 3 amide bonds. The van der Waals surface area contributed by atoms with E-state index >= 15 is 0 Å². The summed E-state index contributed by atoms with van der Waals surface area (Å²) in [6.45, 7) is 7.03. The Labute approximate surface area is 218 Å². The number of nitrogens with one attached hydrogen (secondary N) is 4. The summed E-state index contributed by atoms with van der Waals surface area (Å²) in [6.07, 6.45) is 6.90. The third-order valence-corrected chi connectivity index (χ3v) is 6.23. The van der Waals surface area contributed by atoms with Crippen LogP contribution < -0.4 is 21.3 Å². The van der Waals surface area contributed by atoms with Crippen molar-refractivity contribution in [1.82, 2.24) is 25.5 Å². The minimum Gasteiger partial charge on any atom is -0.370 e. The van der Waals surface area contributed by atoms with Crippen molar-refractivity contribution >= 4 is 23.4 Å². The number of carbonyl (C=O) groups is 2. The molecule has 3 aromatic rings. The molecule has 0 atom stereocenters. The SMILES string of the molecule is CCNc1nc(-c2ccc(NC(=O)NCc3cccnc3)cc2)ccc1C(=O)NCCCN1CCCC1. The normalized spacial score (nSPS) is 13.2. The van der Waals surface area contributed by atoms with Crippen molar-refractivity contribution in [3.63, 3.8) is 0 Å². The molecule has 2 aromatic heterocycles. The van der Waals surface area contributed by atoms with Crippen LogP contribution in [0.3, 0.4) is 0 Å². The van der Waals surface area contributed by atoms with Crippen molar-refractivity contribution in [2.45, 2.75) is 32.7 Å². The number of aromatic nitrogens is 2. The Kier molecular flexibility index (Phi) is 9.42. The number of anilines is 2. The van der Waals surface area contributed by atoms with E-state index in [-0.39, 0.29) is 11.9 Å². The van der Waals surface area contributed by atoms with Crippen LogP contribution in [-0.4, -0.2) is 59.5 Å². The molecule has 3 heterocycles. The van der Waals surface area contributed by atoms with Crippen LogP contribution in [-0.2, 0) is 6.54 Å². The molecule has 1 aliphatic heterocycles. The molecule has 37 heavy (non-hydrogen) atoms. The first kappa shape index (κ1) is 26.1. The summed E-state index contributed by atoms with van der Waals surface area (Å²) in [5.41, 5.74) is 3.77. The molecule has 0 radical (unpaired) electrons. The number of hydrogen-bond donors (Lipinski definition) is 4. The Hall–Kier alpha value is -3.98. The first-order valence-corrected chi connectivity index (χ1v) is 12.9. The Balaban J connectivity index is 1.33. The smallest absolute Gasteiger partial charge is 0.319 e. The van der Waals surface area contributed by atoms with Gasteiger partial charge in [0.2, 0.25) is 0 Å². The zero-order chi connectivity index (χ0) is 25.9. The zero-order valence-corrected chi connectivity index (χ0v) is 21.3. The van der Waals surface area contributed by atoms with Crippen molar-refractivity contribution in [1.29, 1.82) is 0 Å². The van der Waals surface area contributed by atoms with Gasteiger partial charge >= 0.3 is 6.03 Å². The molecule has 0 unspecified atom stereocenters. The van der Waals surface area contributed by atoms with E-state index in [0.29, 0.717) is 36.7 Å². The maximum atomic E-state index is 12.8. The highest BCUT2D eigenvalue weighted by atomic mass is 16.2. The predicted octanol–water partition coefficient (Wildman–Crippen LogP) is 4.11. The number of pyridine rings is 2. The first-order chi connectivity index (χ1) is 18.1. The maximum absolute atomic E-state index is 12.8. The molecular formula is C28H35N7O2. The van der Waals surface area contributed by atoms with Gasteiger partial charge in [0.1, 0.15) is 5.82 Å². The highest BCUT2D eigenvalue weighted by Gasteiger charge is 2.15. The Morgan fingerprint density at radius 1 is 1.00 bits per heavy atom. The van der Waals surface area contributed by atoms with Crippen LogP contribution in [0.1, 0.15) is 42.1 Å². The minimum atomic E-state index is -0.292. The first-order valence-electron chi connectivity index (χ1n) is 12.9. The zero-order valence-electron chi connectivity index (χ0n) is 21.3. The molecule has 194 valence electrons. The number of urea groups is 1. The van der Waals surface area contributed by atoms with E-state index in [1.807, 2.05) is 55.5 Å². The lowest BCUT2D eigenvalue weighted by Crippen LogP contribution is -2.29. The standard InChI is InChI=1S/C28H35N7O2/c1-2-30-26-24(27(36)31-15-6-18-35-16-3-4-17-35)12-13-25(34-26)22-8-10-23(11-9-22)33-28(37)32-20-21-7-5-14-29-19-21/h5,7-14,19H,2-4,6,15-18,20H2,1H3,(H,30,34)(H,31,36)(H2,32,33,37). The van der Waals surface area contributed by atoms with Crippen molar-refractivity contribution in [3.05, 3.63) is 72.1 Å². The van der Waals surface area contributed by atoms with Gasteiger partial charge in [-0.25, -0.2) is 9.78 Å². The molecule has 1 saturated heterocycles. The van der Waals surface area contributed by atoms with E-state index in [1.54, 1.807) is 12.4 Å². The molecule has 1 aromatic carbocycles. The van der Waals surface area contributed by atoms with E-state index < -0.39 is 0 Å². The van der Waals surface area contributed by atoms with E-state index in [2.05, 4.69) is 31.2 Å². The molecule has 4 rings (SSSR count). The predicted molar refractivity (Wildman–Crippen MR) is 147 cm³/mol. The number of carbonyl (C=O) groups excluding carboxylic acids is 2. The van der Waals surface area contributed by atoms with Gasteiger partial charge in [0.05, 0.1) is 11.3 Å². The van der Waals surface area contributed by atoms with Crippen LogP contribution in [0.15, 0.2) is 60.9 Å². The van der Waals surface area contributed by atoms with Crippen LogP contribution in [0, 0.1) is 0 Å². The molecule has 0 saturated carbocycles. The molecule has 0 aliphatic carbocycles. The van der Waals surface area contributed by atoms with Crippen molar-refractivity contribution < 1.29 is 9.59 Å². The van der Waals surface area contributed by atoms with Gasteiger partial charge in [-0.05, 0) is 81.7 Å². The van der Waals surface area contributed by atoms with Gasteiger partial charge in [-0.2, -0.15) is 0 Å². The Morgan fingerprint density at radius 2 is 1.81 bits per heavy atom. The summed E-state index contributed by atoms with van der Waals surface area (Å²) in [5, 5.41) is 11.9. The number of rotatable bonds is 11. The second-order valence-electron chi connectivity index (χ2n) is 9.03. The Morgan fingerprint density at radius 3 is 2.54 bits per heavy atom. The lowest BCUT2D eigenvalue weighted by Gasteiger charge is -2.15. The van der Waals surface area contributed by atoms with Crippen LogP contribution in [0.4, 0.5) is 16.3 Å². The number of hydrogen-bond acceptors (Lipinski definition) is 6. The van der Waals surface area contributed by atoms with E-state index in [9.17, 15) is 9.59 Å². The van der Waals surface area contributed by atoms with E-state index in [1.165, 1.54) is 25.9 Å². The topological polar surface area (TPSA) is 111 Å². The van der Waals surface area contributed by atoms with Crippen molar-refractivity contribution in [2.75, 3.05) is 43.4 Å². The monoisotopic (exact) mass is 501 g/mol. The molecule has 1 aliphatic rings. The second kappa shape index (κ2) is 13.4. The molecule has 0 bridgehead atoms. The van der Waals surface area contributed by atoms with Crippen LogP contribution in [0.25, 0.3) is 11.3 Å². The van der Waals surface area contributed by atoms with Gasteiger partial charge in [-0.3, -0.25) is 9.78 Å². The molecule has 1 fully saturated rings. The summed E-state index contributed by atoms with van der Waals surface area (Å²) in [5.74, 6) is 0.447. The molecule has 0 spiro atoms. The minimum absolute atomic E-state index is 0.117. The third kappa shape index (κ3) is 7.75. The fourth-order valence-corrected chi connectivity index (χ4v) is 4.30. The van der Waals surface area contributed by atoms with Gasteiger partial charge in [-0.1, -0.05) is 18.2 Å². The Bertz CT molecular complexity index is 1160. The summed E-state index contributed by atoms with van der Waals surface area (Å²) in [7, 11) is 0. The van der Waals surface area contributed by atoms with E-state index in [0.717, 1.165) is 29.8 Å². The van der Waals surface area contributed by atoms with Gasteiger partial charge < -0.3 is 26.2 Å². The van der Waals surface area contributed by atoms with Crippen molar-refractivity contribution in [3.8, 4) is 11.3 Å². The lowest BCUT2D eigenvalue weighted by molar-refractivity contribution is 0.0952. The van der Waals surface area contributed by atoms with Crippen LogP contribution in [0.2, 0.25) is 0 Å². The molecular weight excluding hydrogens is 466 g/mol. The average molecular weight is 502 g/mol. The third-order valence-electron chi connectivity index (χ3n) is 6.23. The molecule has 4 N–H and O–H groups in total. The fourth-order valence-electron chi connectivity index (χ4n) is 4.30.